The zero-order valence-corrected chi connectivity index (χ0v) is 17.8. The summed E-state index contributed by atoms with van der Waals surface area (Å²) in [4.78, 5) is 35.4. The number of rotatable bonds is 4. The van der Waals surface area contributed by atoms with Gasteiger partial charge < -0.3 is 9.64 Å². The predicted octanol–water partition coefficient (Wildman–Crippen LogP) is 4.13. The standard InChI is InChI=1S/C23H33N3O3/c1-4-17-7-16-8-19(14(2)27)10-20(9-16)22(17)29-23(28)26-6-5-18(13-26)21-11-24-15(3)25-12-21/h11-12,16-20,22H,4-10,13H2,1-3H3. The van der Waals surface area contributed by atoms with Crippen molar-refractivity contribution in [2.24, 2.45) is 23.7 Å². The zero-order chi connectivity index (χ0) is 20.5. The van der Waals surface area contributed by atoms with Crippen LogP contribution in [0.5, 0.6) is 0 Å². The molecule has 0 N–H and O–H groups in total. The predicted molar refractivity (Wildman–Crippen MR) is 109 cm³/mol. The number of carbonyl (C=O) groups excluding carboxylic acids is 2. The molecule has 1 saturated heterocycles. The molecule has 2 bridgehead atoms. The highest BCUT2D eigenvalue weighted by atomic mass is 16.6. The number of hydrogen-bond acceptors (Lipinski definition) is 5. The van der Waals surface area contributed by atoms with Crippen LogP contribution in [0, 0.1) is 30.6 Å². The molecule has 6 unspecified atom stereocenters. The Kier molecular flexibility index (Phi) is 5.88. The minimum Gasteiger partial charge on any atom is -0.446 e. The summed E-state index contributed by atoms with van der Waals surface area (Å²) in [6.45, 7) is 7.16. The van der Waals surface area contributed by atoms with Crippen LogP contribution in [0.3, 0.4) is 0 Å². The Bertz CT molecular complexity index is 750. The van der Waals surface area contributed by atoms with Gasteiger partial charge in [0.25, 0.3) is 0 Å². The van der Waals surface area contributed by atoms with Gasteiger partial charge in [-0.2, -0.15) is 0 Å². The third-order valence-corrected chi connectivity index (χ3v) is 7.46. The smallest absolute Gasteiger partial charge is 0.410 e. The quantitative estimate of drug-likeness (QED) is 0.761. The molecule has 2 heterocycles. The highest BCUT2D eigenvalue weighted by molar-refractivity contribution is 5.78. The average molecular weight is 400 g/mol. The SMILES string of the molecule is CCC1CC2CC(C(C)=O)CC(C2)C1OC(=O)N1CCC(c2cnc(C)nc2)C1. The minimum atomic E-state index is -0.188. The summed E-state index contributed by atoms with van der Waals surface area (Å²) in [5.74, 6) is 2.84. The van der Waals surface area contributed by atoms with Gasteiger partial charge in [-0.15, -0.1) is 0 Å². The van der Waals surface area contributed by atoms with Gasteiger partial charge in [-0.05, 0) is 75.7 Å². The van der Waals surface area contributed by atoms with Crippen LogP contribution >= 0.6 is 0 Å². The Morgan fingerprint density at radius 3 is 2.62 bits per heavy atom. The number of nitrogens with zero attached hydrogens (tertiary/aromatic N) is 3. The van der Waals surface area contributed by atoms with Crippen molar-refractivity contribution in [2.75, 3.05) is 13.1 Å². The van der Waals surface area contributed by atoms with E-state index in [-0.39, 0.29) is 24.0 Å². The highest BCUT2D eigenvalue weighted by Crippen LogP contribution is 2.47. The Labute approximate surface area is 173 Å². The van der Waals surface area contributed by atoms with Gasteiger partial charge in [-0.1, -0.05) is 6.92 Å². The maximum absolute atomic E-state index is 13.0. The minimum absolute atomic E-state index is 0.0485. The molecule has 0 aromatic carbocycles. The number of ketones is 1. The number of aromatic nitrogens is 2. The van der Waals surface area contributed by atoms with E-state index in [1.807, 2.05) is 24.2 Å². The first-order valence-corrected chi connectivity index (χ1v) is 11.2. The van der Waals surface area contributed by atoms with Crippen molar-refractivity contribution < 1.29 is 14.3 Å². The van der Waals surface area contributed by atoms with E-state index >= 15 is 0 Å². The van der Waals surface area contributed by atoms with E-state index in [4.69, 9.17) is 4.74 Å². The fraction of sp³-hybridized carbons (Fsp3) is 0.739. The normalized spacial score (nSPS) is 34.1. The second-order valence-electron chi connectivity index (χ2n) is 9.39. The van der Waals surface area contributed by atoms with E-state index in [1.54, 1.807) is 6.92 Å². The van der Waals surface area contributed by atoms with E-state index in [9.17, 15) is 9.59 Å². The van der Waals surface area contributed by atoms with Crippen LogP contribution in [0.4, 0.5) is 4.79 Å². The molecule has 3 fully saturated rings. The summed E-state index contributed by atoms with van der Waals surface area (Å²) in [6.07, 6.45) is 9.54. The van der Waals surface area contributed by atoms with E-state index in [2.05, 4.69) is 16.9 Å². The van der Waals surface area contributed by atoms with Crippen LogP contribution in [-0.4, -0.2) is 45.9 Å². The third-order valence-electron chi connectivity index (χ3n) is 7.46. The van der Waals surface area contributed by atoms with E-state index in [1.165, 1.54) is 0 Å². The maximum atomic E-state index is 13.0. The van der Waals surface area contributed by atoms with E-state index in [0.29, 0.717) is 36.6 Å². The van der Waals surface area contributed by atoms with Gasteiger partial charge in [0.15, 0.2) is 0 Å². The molecule has 0 spiro atoms. The van der Waals surface area contributed by atoms with Gasteiger partial charge in [-0.25, -0.2) is 14.8 Å². The highest BCUT2D eigenvalue weighted by Gasteiger charge is 2.45. The van der Waals surface area contributed by atoms with Gasteiger partial charge in [0.2, 0.25) is 0 Å². The average Bonchev–Trinajstić information content (AvgIpc) is 3.20. The number of aryl methyl sites for hydroxylation is 1. The topological polar surface area (TPSA) is 72.4 Å². The molecule has 1 aliphatic heterocycles. The number of amides is 1. The lowest BCUT2D eigenvalue weighted by Gasteiger charge is -2.46. The van der Waals surface area contributed by atoms with Crippen LogP contribution in [0.25, 0.3) is 0 Å². The molecular formula is C23H33N3O3. The Morgan fingerprint density at radius 1 is 1.17 bits per heavy atom. The fourth-order valence-electron chi connectivity index (χ4n) is 5.82. The molecule has 1 amide bonds. The number of fused-ring (bicyclic) bond motifs is 2. The number of likely N-dealkylation sites (tertiary alicyclic amines) is 1. The van der Waals surface area contributed by atoms with Crippen molar-refractivity contribution in [3.8, 4) is 0 Å². The monoisotopic (exact) mass is 399 g/mol. The lowest BCUT2D eigenvalue weighted by Crippen LogP contribution is -2.47. The second-order valence-corrected chi connectivity index (χ2v) is 9.39. The van der Waals surface area contributed by atoms with Crippen LogP contribution in [-0.2, 0) is 9.53 Å². The van der Waals surface area contributed by atoms with Crippen molar-refractivity contribution in [3.05, 3.63) is 23.8 Å². The summed E-state index contributed by atoms with van der Waals surface area (Å²) >= 11 is 0. The van der Waals surface area contributed by atoms with Gasteiger partial charge >= 0.3 is 6.09 Å². The summed E-state index contributed by atoms with van der Waals surface area (Å²) in [6, 6.07) is 0. The molecule has 1 aromatic heterocycles. The first-order valence-electron chi connectivity index (χ1n) is 11.2. The fourth-order valence-corrected chi connectivity index (χ4v) is 5.82. The first-order chi connectivity index (χ1) is 13.9. The van der Waals surface area contributed by atoms with Crippen LogP contribution < -0.4 is 0 Å². The van der Waals surface area contributed by atoms with Crippen molar-refractivity contribution in [2.45, 2.75) is 71.3 Å². The first kappa shape index (κ1) is 20.3. The lowest BCUT2D eigenvalue weighted by atomic mass is 9.62. The van der Waals surface area contributed by atoms with Gasteiger partial charge in [0.05, 0.1) is 0 Å². The molecule has 2 saturated carbocycles. The molecular weight excluding hydrogens is 366 g/mol. The summed E-state index contributed by atoms with van der Waals surface area (Å²) in [5.41, 5.74) is 1.09. The molecule has 2 aliphatic carbocycles. The number of ether oxygens (including phenoxy) is 1. The van der Waals surface area contributed by atoms with Crippen molar-refractivity contribution in [1.29, 1.82) is 0 Å². The summed E-state index contributed by atoms with van der Waals surface area (Å²) in [5, 5.41) is 0. The van der Waals surface area contributed by atoms with Crippen molar-refractivity contribution in [1.82, 2.24) is 14.9 Å². The molecule has 6 nitrogen and oxygen atoms in total. The number of hydrogen-bond donors (Lipinski definition) is 0. The largest absolute Gasteiger partial charge is 0.446 e. The third kappa shape index (κ3) is 4.31. The Balaban J connectivity index is 1.40. The van der Waals surface area contributed by atoms with Gasteiger partial charge in [0.1, 0.15) is 17.7 Å². The number of carbonyl (C=O) groups is 2. The molecule has 0 radical (unpaired) electrons. The maximum Gasteiger partial charge on any atom is 0.410 e. The molecule has 3 aliphatic rings. The van der Waals surface area contributed by atoms with Crippen LogP contribution in [0.2, 0.25) is 0 Å². The van der Waals surface area contributed by atoms with Crippen LogP contribution in [0.1, 0.15) is 69.7 Å². The molecule has 158 valence electrons. The Morgan fingerprint density at radius 2 is 1.93 bits per heavy atom. The lowest BCUT2D eigenvalue weighted by molar-refractivity contribution is -0.126. The number of Topliss-reactive ketones (excluding diaryl/α,β-unsaturated/α-hetero) is 1. The van der Waals surface area contributed by atoms with E-state index < -0.39 is 0 Å². The van der Waals surface area contributed by atoms with Crippen molar-refractivity contribution in [3.63, 3.8) is 0 Å². The van der Waals surface area contributed by atoms with Gasteiger partial charge in [-0.3, -0.25) is 4.79 Å². The van der Waals surface area contributed by atoms with Gasteiger partial charge in [0, 0.05) is 37.3 Å². The summed E-state index contributed by atoms with van der Waals surface area (Å²) < 4.78 is 6.14. The zero-order valence-electron chi connectivity index (χ0n) is 17.8. The summed E-state index contributed by atoms with van der Waals surface area (Å²) in [7, 11) is 0. The van der Waals surface area contributed by atoms with E-state index in [0.717, 1.165) is 49.9 Å². The molecule has 6 atom stereocenters. The van der Waals surface area contributed by atoms with Crippen molar-refractivity contribution >= 4 is 11.9 Å². The Hall–Kier alpha value is -1.98. The molecule has 1 aromatic rings. The van der Waals surface area contributed by atoms with Crippen LogP contribution in [0.15, 0.2) is 12.4 Å². The molecule has 29 heavy (non-hydrogen) atoms. The second kappa shape index (κ2) is 8.41. The molecule has 4 rings (SSSR count). The molecule has 6 heteroatoms.